The van der Waals surface area contributed by atoms with Crippen LogP contribution in [0.4, 0.5) is 0 Å². The first-order valence-electron chi connectivity index (χ1n) is 7.67. The van der Waals surface area contributed by atoms with Crippen LogP contribution in [0.3, 0.4) is 0 Å². The Labute approximate surface area is 119 Å². The maximum atomic E-state index is 9.54. The first-order valence-corrected chi connectivity index (χ1v) is 7.67. The lowest BCUT2D eigenvalue weighted by molar-refractivity contribution is 0.159. The van der Waals surface area contributed by atoms with Crippen molar-refractivity contribution in [2.24, 2.45) is 0 Å². The van der Waals surface area contributed by atoms with Crippen LogP contribution in [0.5, 0.6) is 0 Å². The van der Waals surface area contributed by atoms with Gasteiger partial charge in [-0.25, -0.2) is 0 Å². The van der Waals surface area contributed by atoms with Gasteiger partial charge in [0.05, 0.1) is 6.61 Å². The average Bonchev–Trinajstić information content (AvgIpc) is 3.16. The highest BCUT2D eigenvalue weighted by molar-refractivity contribution is 4.92. The summed E-state index contributed by atoms with van der Waals surface area (Å²) in [5.41, 5.74) is -0.0661. The van der Waals surface area contributed by atoms with Gasteiger partial charge in [0.2, 0.25) is 0 Å². The van der Waals surface area contributed by atoms with E-state index in [1.165, 1.54) is 25.7 Å². The molecule has 1 atom stereocenters. The van der Waals surface area contributed by atoms with Crippen LogP contribution in [0.25, 0.3) is 0 Å². The molecule has 1 fully saturated rings. The molecule has 1 aliphatic carbocycles. The predicted molar refractivity (Wildman–Crippen MR) is 81.6 cm³/mol. The average molecular weight is 271 g/mol. The summed E-state index contributed by atoms with van der Waals surface area (Å²) in [5, 5.41) is 13.1. The third-order valence-corrected chi connectivity index (χ3v) is 3.93. The van der Waals surface area contributed by atoms with Crippen LogP contribution in [-0.4, -0.2) is 73.9 Å². The maximum Gasteiger partial charge on any atom is 0.0610 e. The Balaban J connectivity index is 2.07. The molecule has 1 rings (SSSR count). The van der Waals surface area contributed by atoms with Crippen LogP contribution in [0.1, 0.15) is 39.0 Å². The zero-order valence-electron chi connectivity index (χ0n) is 13.3. The van der Waals surface area contributed by atoms with Gasteiger partial charge in [-0.1, -0.05) is 6.42 Å². The van der Waals surface area contributed by atoms with E-state index in [-0.39, 0.29) is 12.1 Å². The Hall–Kier alpha value is -0.160. The van der Waals surface area contributed by atoms with Gasteiger partial charge in [0.1, 0.15) is 0 Å². The van der Waals surface area contributed by atoms with Gasteiger partial charge in [-0.2, -0.15) is 0 Å². The summed E-state index contributed by atoms with van der Waals surface area (Å²) in [6.07, 6.45) is 6.03. The van der Waals surface area contributed by atoms with Gasteiger partial charge >= 0.3 is 0 Å². The molecule has 4 nitrogen and oxygen atoms in total. The van der Waals surface area contributed by atoms with E-state index >= 15 is 0 Å². The van der Waals surface area contributed by atoms with Gasteiger partial charge in [-0.15, -0.1) is 0 Å². The Kier molecular flexibility index (Phi) is 7.29. The molecule has 0 spiro atoms. The quantitative estimate of drug-likeness (QED) is 0.553. The minimum Gasteiger partial charge on any atom is -0.394 e. The third kappa shape index (κ3) is 7.88. The minimum atomic E-state index is -0.0661. The molecule has 2 N–H and O–H groups in total. The normalized spacial score (nSPS) is 19.1. The highest BCUT2D eigenvalue weighted by atomic mass is 16.3. The first kappa shape index (κ1) is 16.9. The van der Waals surface area contributed by atoms with Crippen molar-refractivity contribution < 1.29 is 5.11 Å². The SMILES string of the molecule is CN(C)CCN(C)CCCCC(C)(CO)NC1CC1. The van der Waals surface area contributed by atoms with E-state index in [9.17, 15) is 5.11 Å². The fourth-order valence-electron chi connectivity index (χ4n) is 2.30. The topological polar surface area (TPSA) is 38.7 Å². The van der Waals surface area contributed by atoms with Gasteiger partial charge in [0.15, 0.2) is 0 Å². The number of unbranched alkanes of at least 4 members (excludes halogenated alkanes) is 1. The van der Waals surface area contributed by atoms with Crippen molar-refractivity contribution in [3.63, 3.8) is 0 Å². The van der Waals surface area contributed by atoms with Gasteiger partial charge in [0, 0.05) is 24.7 Å². The van der Waals surface area contributed by atoms with E-state index in [0.717, 1.165) is 26.1 Å². The number of nitrogens with zero attached hydrogens (tertiary/aromatic N) is 2. The summed E-state index contributed by atoms with van der Waals surface area (Å²) in [7, 11) is 6.42. The third-order valence-electron chi connectivity index (χ3n) is 3.93. The van der Waals surface area contributed by atoms with Gasteiger partial charge in [-0.05, 0) is 60.3 Å². The van der Waals surface area contributed by atoms with Crippen LogP contribution < -0.4 is 5.32 Å². The van der Waals surface area contributed by atoms with Crippen molar-refractivity contribution in [3.05, 3.63) is 0 Å². The summed E-state index contributed by atoms with van der Waals surface area (Å²) in [4.78, 5) is 4.61. The summed E-state index contributed by atoms with van der Waals surface area (Å²) in [6, 6.07) is 0.667. The predicted octanol–water partition coefficient (Wildman–Crippen LogP) is 1.15. The van der Waals surface area contributed by atoms with Crippen molar-refractivity contribution in [2.45, 2.75) is 50.6 Å². The molecule has 0 bridgehead atoms. The van der Waals surface area contributed by atoms with Crippen molar-refractivity contribution in [1.82, 2.24) is 15.1 Å². The molecule has 1 aliphatic rings. The van der Waals surface area contributed by atoms with Crippen molar-refractivity contribution in [3.8, 4) is 0 Å². The first-order chi connectivity index (χ1) is 8.95. The second-order valence-corrected chi connectivity index (χ2v) is 6.70. The van der Waals surface area contributed by atoms with Crippen molar-refractivity contribution >= 4 is 0 Å². The molecule has 0 aromatic heterocycles. The molecule has 0 aromatic carbocycles. The Bertz CT molecular complexity index is 244. The molecule has 0 radical (unpaired) electrons. The second kappa shape index (κ2) is 8.20. The molecule has 0 saturated heterocycles. The standard InChI is InChI=1S/C15H33N3O/c1-15(13-19,16-14-7-8-14)9-5-6-10-18(4)12-11-17(2)3/h14,16,19H,5-13H2,1-4H3. The number of likely N-dealkylation sites (N-methyl/N-ethyl adjacent to an activating group) is 2. The molecule has 0 heterocycles. The lowest BCUT2D eigenvalue weighted by Gasteiger charge is -2.29. The molecule has 1 unspecified atom stereocenters. The number of hydrogen-bond acceptors (Lipinski definition) is 4. The van der Waals surface area contributed by atoms with Gasteiger partial charge < -0.3 is 20.2 Å². The lowest BCUT2D eigenvalue weighted by Crippen LogP contribution is -2.47. The lowest BCUT2D eigenvalue weighted by atomic mass is 9.95. The molecular weight excluding hydrogens is 238 g/mol. The van der Waals surface area contributed by atoms with E-state index in [1.54, 1.807) is 0 Å². The Morgan fingerprint density at radius 3 is 2.32 bits per heavy atom. The fourth-order valence-corrected chi connectivity index (χ4v) is 2.30. The molecule has 0 aliphatic heterocycles. The fraction of sp³-hybridized carbons (Fsp3) is 1.00. The van der Waals surface area contributed by atoms with Crippen molar-refractivity contribution in [2.75, 3.05) is 47.4 Å². The number of aliphatic hydroxyl groups excluding tert-OH is 1. The summed E-state index contributed by atoms with van der Waals surface area (Å²) in [6.45, 7) is 5.80. The maximum absolute atomic E-state index is 9.54. The zero-order chi connectivity index (χ0) is 14.3. The van der Waals surface area contributed by atoms with Crippen LogP contribution in [0, 0.1) is 0 Å². The van der Waals surface area contributed by atoms with Crippen molar-refractivity contribution in [1.29, 1.82) is 0 Å². The van der Waals surface area contributed by atoms with Crippen LogP contribution >= 0.6 is 0 Å². The molecule has 114 valence electrons. The van der Waals surface area contributed by atoms with Crippen LogP contribution in [0.15, 0.2) is 0 Å². The molecular formula is C15H33N3O. The molecule has 1 saturated carbocycles. The largest absolute Gasteiger partial charge is 0.394 e. The summed E-state index contributed by atoms with van der Waals surface area (Å²) >= 11 is 0. The summed E-state index contributed by atoms with van der Waals surface area (Å²) < 4.78 is 0. The monoisotopic (exact) mass is 271 g/mol. The highest BCUT2D eigenvalue weighted by Gasteiger charge is 2.31. The van der Waals surface area contributed by atoms with E-state index in [0.29, 0.717) is 6.04 Å². The molecule has 4 heteroatoms. The Morgan fingerprint density at radius 1 is 1.11 bits per heavy atom. The highest BCUT2D eigenvalue weighted by Crippen LogP contribution is 2.24. The second-order valence-electron chi connectivity index (χ2n) is 6.70. The summed E-state index contributed by atoms with van der Waals surface area (Å²) in [5.74, 6) is 0. The number of rotatable bonds is 11. The number of nitrogens with one attached hydrogen (secondary N) is 1. The number of aliphatic hydroxyl groups is 1. The van der Waals surface area contributed by atoms with E-state index in [4.69, 9.17) is 0 Å². The van der Waals surface area contributed by atoms with E-state index in [2.05, 4.69) is 43.2 Å². The van der Waals surface area contributed by atoms with Gasteiger partial charge in [-0.3, -0.25) is 0 Å². The molecule has 0 aromatic rings. The molecule has 19 heavy (non-hydrogen) atoms. The van der Waals surface area contributed by atoms with Gasteiger partial charge in [0.25, 0.3) is 0 Å². The zero-order valence-corrected chi connectivity index (χ0v) is 13.3. The Morgan fingerprint density at radius 2 is 1.79 bits per heavy atom. The number of hydrogen-bond donors (Lipinski definition) is 2. The van der Waals surface area contributed by atoms with E-state index < -0.39 is 0 Å². The molecule has 0 amide bonds. The van der Waals surface area contributed by atoms with Crippen LogP contribution in [-0.2, 0) is 0 Å². The van der Waals surface area contributed by atoms with E-state index in [1.807, 2.05) is 0 Å². The minimum absolute atomic E-state index is 0.0661. The van der Waals surface area contributed by atoms with Crippen LogP contribution in [0.2, 0.25) is 0 Å². The smallest absolute Gasteiger partial charge is 0.0610 e.